The number of thiazole rings is 1. The molecule has 17 heavy (non-hydrogen) atoms. The normalized spacial score (nSPS) is 11.1. The van der Waals surface area contributed by atoms with Gasteiger partial charge in [0.1, 0.15) is 5.01 Å². The molecule has 0 unspecified atom stereocenters. The standard InChI is InChI=1S/C13H12N2S2/c1-2-8-7-9(12(14)16-8)13-15-10-5-3-4-6-11(10)17-13/h3-7H,2,14H2,1H3. The lowest BCUT2D eigenvalue weighted by molar-refractivity contribution is 1.19. The highest BCUT2D eigenvalue weighted by Crippen LogP contribution is 2.38. The van der Waals surface area contributed by atoms with Crippen LogP contribution in [-0.2, 0) is 6.42 Å². The number of anilines is 1. The van der Waals surface area contributed by atoms with Gasteiger partial charge in [-0.2, -0.15) is 0 Å². The zero-order chi connectivity index (χ0) is 11.8. The average Bonchev–Trinajstić information content (AvgIpc) is 2.91. The van der Waals surface area contributed by atoms with Gasteiger partial charge in [0.15, 0.2) is 0 Å². The van der Waals surface area contributed by atoms with Crippen molar-refractivity contribution >= 4 is 37.9 Å². The molecule has 4 heteroatoms. The van der Waals surface area contributed by atoms with E-state index >= 15 is 0 Å². The maximum absolute atomic E-state index is 6.06. The molecule has 3 aromatic rings. The molecule has 0 saturated carbocycles. The van der Waals surface area contributed by atoms with E-state index in [1.54, 1.807) is 22.7 Å². The van der Waals surface area contributed by atoms with Crippen molar-refractivity contribution < 1.29 is 0 Å². The summed E-state index contributed by atoms with van der Waals surface area (Å²) in [5, 5.41) is 1.90. The van der Waals surface area contributed by atoms with Crippen molar-refractivity contribution in [2.45, 2.75) is 13.3 Å². The van der Waals surface area contributed by atoms with E-state index in [2.05, 4.69) is 24.0 Å². The molecule has 0 aliphatic heterocycles. The number of aromatic nitrogens is 1. The zero-order valence-corrected chi connectivity index (χ0v) is 11.1. The molecule has 2 nitrogen and oxygen atoms in total. The monoisotopic (exact) mass is 260 g/mol. The van der Waals surface area contributed by atoms with Crippen LogP contribution in [0.1, 0.15) is 11.8 Å². The van der Waals surface area contributed by atoms with Gasteiger partial charge < -0.3 is 5.73 Å². The summed E-state index contributed by atoms with van der Waals surface area (Å²) in [4.78, 5) is 5.95. The van der Waals surface area contributed by atoms with Crippen molar-refractivity contribution in [2.75, 3.05) is 5.73 Å². The first kappa shape index (κ1) is 10.7. The van der Waals surface area contributed by atoms with E-state index in [-0.39, 0.29) is 0 Å². The van der Waals surface area contributed by atoms with Crippen LogP contribution >= 0.6 is 22.7 Å². The van der Waals surface area contributed by atoms with Gasteiger partial charge in [-0.05, 0) is 24.6 Å². The summed E-state index contributed by atoms with van der Waals surface area (Å²) in [7, 11) is 0. The van der Waals surface area contributed by atoms with Gasteiger partial charge in [0, 0.05) is 10.4 Å². The summed E-state index contributed by atoms with van der Waals surface area (Å²) in [6.07, 6.45) is 1.03. The number of rotatable bonds is 2. The molecule has 0 aliphatic carbocycles. The fraction of sp³-hybridized carbons (Fsp3) is 0.154. The van der Waals surface area contributed by atoms with Crippen molar-refractivity contribution in [3.63, 3.8) is 0 Å². The predicted molar refractivity (Wildman–Crippen MR) is 76.7 cm³/mol. The minimum Gasteiger partial charge on any atom is -0.390 e. The Labute approximate surface area is 108 Å². The fourth-order valence-corrected chi connectivity index (χ4v) is 3.72. The third-order valence-corrected chi connectivity index (χ3v) is 4.86. The Bertz CT molecular complexity index is 634. The number of fused-ring (bicyclic) bond motifs is 1. The van der Waals surface area contributed by atoms with Crippen LogP contribution in [0.15, 0.2) is 30.3 Å². The first-order chi connectivity index (χ1) is 8.28. The predicted octanol–water partition coefficient (Wildman–Crippen LogP) is 4.17. The third kappa shape index (κ3) is 1.83. The van der Waals surface area contributed by atoms with Gasteiger partial charge in [0.2, 0.25) is 0 Å². The van der Waals surface area contributed by atoms with Gasteiger partial charge in [-0.1, -0.05) is 19.1 Å². The lowest BCUT2D eigenvalue weighted by atomic mass is 10.3. The second-order valence-electron chi connectivity index (χ2n) is 3.83. The lowest BCUT2D eigenvalue weighted by Gasteiger charge is -1.90. The summed E-state index contributed by atoms with van der Waals surface area (Å²) in [6, 6.07) is 10.4. The van der Waals surface area contributed by atoms with Gasteiger partial charge in [-0.3, -0.25) is 0 Å². The summed E-state index contributed by atoms with van der Waals surface area (Å²) in [5.74, 6) is 0. The van der Waals surface area contributed by atoms with Crippen LogP contribution in [0.4, 0.5) is 5.00 Å². The molecule has 86 valence electrons. The minimum absolute atomic E-state index is 0.876. The first-order valence-corrected chi connectivity index (χ1v) is 7.15. The minimum atomic E-state index is 0.876. The number of hydrogen-bond acceptors (Lipinski definition) is 4. The molecule has 0 amide bonds. The van der Waals surface area contributed by atoms with E-state index in [0.29, 0.717) is 0 Å². The van der Waals surface area contributed by atoms with Crippen molar-refractivity contribution in [3.8, 4) is 10.6 Å². The maximum Gasteiger partial charge on any atom is 0.127 e. The number of aryl methyl sites for hydroxylation is 1. The molecule has 0 aliphatic rings. The highest BCUT2D eigenvalue weighted by molar-refractivity contribution is 7.22. The average molecular weight is 260 g/mol. The van der Waals surface area contributed by atoms with Gasteiger partial charge in [0.25, 0.3) is 0 Å². The number of thiophene rings is 1. The number of para-hydroxylation sites is 1. The van der Waals surface area contributed by atoms with Crippen LogP contribution < -0.4 is 5.73 Å². The number of nitrogen functional groups attached to an aromatic ring is 1. The van der Waals surface area contributed by atoms with Crippen LogP contribution in [0.3, 0.4) is 0 Å². The van der Waals surface area contributed by atoms with Crippen LogP contribution in [0.25, 0.3) is 20.8 Å². The van der Waals surface area contributed by atoms with Gasteiger partial charge in [-0.15, -0.1) is 22.7 Å². The highest BCUT2D eigenvalue weighted by Gasteiger charge is 2.12. The van der Waals surface area contributed by atoms with Crippen molar-refractivity contribution in [2.24, 2.45) is 0 Å². The van der Waals surface area contributed by atoms with Crippen molar-refractivity contribution in [1.82, 2.24) is 4.98 Å². The third-order valence-electron chi connectivity index (χ3n) is 2.68. The van der Waals surface area contributed by atoms with Crippen LogP contribution in [0.5, 0.6) is 0 Å². The van der Waals surface area contributed by atoms with Crippen LogP contribution in [0, 0.1) is 0 Å². The van der Waals surface area contributed by atoms with Crippen LogP contribution in [0.2, 0.25) is 0 Å². The second-order valence-corrected chi connectivity index (χ2v) is 6.03. The molecule has 2 N–H and O–H groups in total. The maximum atomic E-state index is 6.06. The Morgan fingerprint density at radius 1 is 1.24 bits per heavy atom. The molecular formula is C13H12N2S2. The number of benzene rings is 1. The van der Waals surface area contributed by atoms with E-state index in [4.69, 9.17) is 5.73 Å². The first-order valence-electron chi connectivity index (χ1n) is 5.52. The van der Waals surface area contributed by atoms with E-state index < -0.39 is 0 Å². The Morgan fingerprint density at radius 3 is 2.76 bits per heavy atom. The highest BCUT2D eigenvalue weighted by atomic mass is 32.1. The van der Waals surface area contributed by atoms with E-state index in [1.165, 1.54) is 9.58 Å². The summed E-state index contributed by atoms with van der Waals surface area (Å²) < 4.78 is 1.21. The number of nitrogens with zero attached hydrogens (tertiary/aromatic N) is 1. The van der Waals surface area contributed by atoms with E-state index in [1.807, 2.05) is 18.2 Å². The molecule has 3 rings (SSSR count). The summed E-state index contributed by atoms with van der Waals surface area (Å²) >= 11 is 3.37. The van der Waals surface area contributed by atoms with Crippen molar-refractivity contribution in [3.05, 3.63) is 35.2 Å². The topological polar surface area (TPSA) is 38.9 Å². The van der Waals surface area contributed by atoms with Crippen molar-refractivity contribution in [1.29, 1.82) is 0 Å². The Balaban J connectivity index is 2.16. The molecule has 0 saturated heterocycles. The van der Waals surface area contributed by atoms with Gasteiger partial charge in [0.05, 0.1) is 15.2 Å². The second kappa shape index (κ2) is 4.13. The van der Waals surface area contributed by atoms with E-state index in [9.17, 15) is 0 Å². The molecule has 0 fully saturated rings. The Hall–Kier alpha value is -1.39. The molecule has 1 aromatic carbocycles. The van der Waals surface area contributed by atoms with Gasteiger partial charge >= 0.3 is 0 Å². The van der Waals surface area contributed by atoms with Crippen LogP contribution in [-0.4, -0.2) is 4.98 Å². The quantitative estimate of drug-likeness (QED) is 0.751. The molecule has 2 aromatic heterocycles. The number of hydrogen-bond donors (Lipinski definition) is 1. The lowest BCUT2D eigenvalue weighted by Crippen LogP contribution is -1.81. The molecular weight excluding hydrogens is 248 g/mol. The van der Waals surface area contributed by atoms with E-state index in [0.717, 1.165) is 27.5 Å². The summed E-state index contributed by atoms with van der Waals surface area (Å²) in [5.41, 5.74) is 8.20. The summed E-state index contributed by atoms with van der Waals surface area (Å²) in [6.45, 7) is 2.15. The molecule has 0 radical (unpaired) electrons. The number of nitrogens with two attached hydrogens (primary N) is 1. The molecule has 2 heterocycles. The Morgan fingerprint density at radius 2 is 2.06 bits per heavy atom. The van der Waals surface area contributed by atoms with Gasteiger partial charge in [-0.25, -0.2) is 4.98 Å². The largest absolute Gasteiger partial charge is 0.390 e. The zero-order valence-electron chi connectivity index (χ0n) is 9.43. The molecule has 0 bridgehead atoms. The molecule has 0 atom stereocenters. The SMILES string of the molecule is CCc1cc(-c2nc3ccccc3s2)c(N)s1. The fourth-order valence-electron chi connectivity index (χ4n) is 1.79. The molecule has 0 spiro atoms. The smallest absolute Gasteiger partial charge is 0.127 e. The Kier molecular flexibility index (Phi) is 2.61.